The van der Waals surface area contributed by atoms with E-state index in [0.717, 1.165) is 25.9 Å². The van der Waals surface area contributed by atoms with Gasteiger partial charge < -0.3 is 24.5 Å². The van der Waals surface area contributed by atoms with E-state index in [1.807, 2.05) is 0 Å². The van der Waals surface area contributed by atoms with Gasteiger partial charge in [-0.15, -0.1) is 0 Å². The number of hydrogen-bond acceptors (Lipinski definition) is 5. The summed E-state index contributed by atoms with van der Waals surface area (Å²) in [6, 6.07) is 9.90. The molecule has 2 heterocycles. The minimum absolute atomic E-state index is 0.160. The average molecular weight is 451 g/mol. The first kappa shape index (κ1) is 20.6. The summed E-state index contributed by atoms with van der Waals surface area (Å²) in [6.45, 7) is 2.58. The summed E-state index contributed by atoms with van der Waals surface area (Å²) in [7, 11) is 0. The SMILES string of the molecule is O=C(NCCCOCC1CCCO1)c1ccc(NC(=O)c2ccc(Br)o2)cc1. The summed E-state index contributed by atoms with van der Waals surface area (Å²) >= 11 is 3.16. The lowest BCUT2D eigenvalue weighted by Gasteiger charge is -2.10. The molecular formula is C20H23BrN2O5. The molecule has 2 N–H and O–H groups in total. The van der Waals surface area contributed by atoms with Gasteiger partial charge in [-0.1, -0.05) is 0 Å². The number of rotatable bonds is 9. The van der Waals surface area contributed by atoms with E-state index < -0.39 is 0 Å². The molecule has 1 atom stereocenters. The highest BCUT2D eigenvalue weighted by Gasteiger charge is 2.15. The normalized spacial score (nSPS) is 16.1. The van der Waals surface area contributed by atoms with Gasteiger partial charge in [0.25, 0.3) is 11.8 Å². The van der Waals surface area contributed by atoms with E-state index in [1.165, 1.54) is 0 Å². The van der Waals surface area contributed by atoms with Crippen molar-refractivity contribution in [3.8, 4) is 0 Å². The predicted octanol–water partition coefficient (Wildman–Crippen LogP) is 3.61. The van der Waals surface area contributed by atoms with E-state index >= 15 is 0 Å². The third-order valence-corrected chi connectivity index (χ3v) is 4.71. The molecule has 3 rings (SSSR count). The van der Waals surface area contributed by atoms with Crippen molar-refractivity contribution in [3.05, 3.63) is 52.4 Å². The van der Waals surface area contributed by atoms with Gasteiger partial charge in [0.1, 0.15) is 0 Å². The lowest BCUT2D eigenvalue weighted by atomic mass is 10.2. The van der Waals surface area contributed by atoms with Crippen LogP contribution in [-0.4, -0.2) is 44.3 Å². The highest BCUT2D eigenvalue weighted by molar-refractivity contribution is 9.10. The minimum atomic E-state index is -0.356. The smallest absolute Gasteiger partial charge is 0.291 e. The van der Waals surface area contributed by atoms with Gasteiger partial charge in [-0.25, -0.2) is 0 Å². The molecule has 28 heavy (non-hydrogen) atoms. The van der Waals surface area contributed by atoms with Crippen LogP contribution in [0.4, 0.5) is 5.69 Å². The number of benzene rings is 1. The number of furan rings is 1. The van der Waals surface area contributed by atoms with Crippen LogP contribution in [-0.2, 0) is 9.47 Å². The van der Waals surface area contributed by atoms with E-state index in [-0.39, 0.29) is 23.7 Å². The molecule has 0 radical (unpaired) electrons. The number of hydrogen-bond donors (Lipinski definition) is 2. The number of halogens is 1. The molecule has 2 amide bonds. The molecule has 0 aliphatic carbocycles. The molecule has 0 saturated carbocycles. The second-order valence-electron chi connectivity index (χ2n) is 6.45. The maximum atomic E-state index is 12.2. The molecule has 1 fully saturated rings. The Morgan fingerprint density at radius 3 is 2.64 bits per heavy atom. The molecular weight excluding hydrogens is 428 g/mol. The first-order valence-corrected chi connectivity index (χ1v) is 10.1. The molecule has 2 aromatic rings. The molecule has 150 valence electrons. The van der Waals surface area contributed by atoms with Crippen molar-refractivity contribution >= 4 is 33.4 Å². The van der Waals surface area contributed by atoms with Gasteiger partial charge in [0.15, 0.2) is 10.4 Å². The fourth-order valence-corrected chi connectivity index (χ4v) is 3.11. The number of nitrogens with one attached hydrogen (secondary N) is 2. The first-order valence-electron chi connectivity index (χ1n) is 9.26. The highest BCUT2D eigenvalue weighted by atomic mass is 79.9. The number of carbonyl (C=O) groups excluding carboxylic acids is 2. The summed E-state index contributed by atoms with van der Waals surface area (Å²) in [5.41, 5.74) is 1.11. The van der Waals surface area contributed by atoms with Crippen LogP contribution in [0, 0.1) is 0 Å². The summed E-state index contributed by atoms with van der Waals surface area (Å²) in [4.78, 5) is 24.2. The lowest BCUT2D eigenvalue weighted by molar-refractivity contribution is 0.0166. The number of amides is 2. The maximum Gasteiger partial charge on any atom is 0.291 e. The Labute approximate surface area is 171 Å². The fourth-order valence-electron chi connectivity index (χ4n) is 2.80. The predicted molar refractivity (Wildman–Crippen MR) is 108 cm³/mol. The van der Waals surface area contributed by atoms with Crippen molar-refractivity contribution in [2.75, 3.05) is 31.7 Å². The van der Waals surface area contributed by atoms with E-state index in [9.17, 15) is 9.59 Å². The van der Waals surface area contributed by atoms with Gasteiger partial charge in [-0.3, -0.25) is 9.59 Å². The van der Waals surface area contributed by atoms with Crippen molar-refractivity contribution < 1.29 is 23.5 Å². The number of ether oxygens (including phenoxy) is 2. The van der Waals surface area contributed by atoms with E-state index in [1.54, 1.807) is 36.4 Å². The topological polar surface area (TPSA) is 89.8 Å². The van der Waals surface area contributed by atoms with Gasteiger partial charge in [-0.05, 0) is 71.6 Å². The molecule has 1 aliphatic rings. The van der Waals surface area contributed by atoms with Crippen LogP contribution in [0.1, 0.15) is 40.2 Å². The van der Waals surface area contributed by atoms with Gasteiger partial charge in [0.05, 0.1) is 12.7 Å². The van der Waals surface area contributed by atoms with E-state index in [0.29, 0.717) is 35.7 Å². The largest absolute Gasteiger partial charge is 0.444 e. The van der Waals surface area contributed by atoms with Crippen LogP contribution in [0.25, 0.3) is 0 Å². The summed E-state index contributed by atoms with van der Waals surface area (Å²) in [5, 5.41) is 5.57. The van der Waals surface area contributed by atoms with Gasteiger partial charge >= 0.3 is 0 Å². The van der Waals surface area contributed by atoms with Crippen molar-refractivity contribution in [1.29, 1.82) is 0 Å². The van der Waals surface area contributed by atoms with E-state index in [4.69, 9.17) is 13.9 Å². The van der Waals surface area contributed by atoms with Crippen LogP contribution in [0.2, 0.25) is 0 Å². The maximum absolute atomic E-state index is 12.2. The standard InChI is InChI=1S/C20H23BrN2O5/c21-18-9-8-17(28-18)20(25)23-15-6-4-14(5-7-15)19(24)22-10-2-11-26-13-16-3-1-12-27-16/h4-9,16H,1-3,10-13H2,(H,22,24)(H,23,25). The summed E-state index contributed by atoms with van der Waals surface area (Å²) < 4.78 is 16.7. The number of anilines is 1. The van der Waals surface area contributed by atoms with Crippen LogP contribution in [0.15, 0.2) is 45.5 Å². The quantitative estimate of drug-likeness (QED) is 0.569. The molecule has 1 aromatic carbocycles. The fraction of sp³-hybridized carbons (Fsp3) is 0.400. The zero-order chi connectivity index (χ0) is 19.8. The van der Waals surface area contributed by atoms with Crippen LogP contribution in [0.5, 0.6) is 0 Å². The molecule has 1 aromatic heterocycles. The Bertz CT molecular complexity index is 784. The second kappa shape index (κ2) is 10.4. The van der Waals surface area contributed by atoms with Gasteiger partial charge in [0.2, 0.25) is 0 Å². The Balaban J connectivity index is 1.35. The van der Waals surface area contributed by atoms with Crippen LogP contribution in [0.3, 0.4) is 0 Å². The molecule has 1 unspecified atom stereocenters. The van der Waals surface area contributed by atoms with Gasteiger partial charge in [-0.2, -0.15) is 0 Å². The number of carbonyl (C=O) groups is 2. The van der Waals surface area contributed by atoms with Crippen molar-refractivity contribution in [1.82, 2.24) is 5.32 Å². The third kappa shape index (κ3) is 6.19. The second-order valence-corrected chi connectivity index (χ2v) is 7.24. The van der Waals surface area contributed by atoms with Crippen molar-refractivity contribution in [2.45, 2.75) is 25.4 Å². The Morgan fingerprint density at radius 2 is 1.96 bits per heavy atom. The van der Waals surface area contributed by atoms with Crippen LogP contribution < -0.4 is 10.6 Å². The summed E-state index contributed by atoms with van der Waals surface area (Å²) in [5.74, 6) is -0.312. The van der Waals surface area contributed by atoms with Crippen molar-refractivity contribution in [3.63, 3.8) is 0 Å². The van der Waals surface area contributed by atoms with Gasteiger partial charge in [0, 0.05) is 31.0 Å². The van der Waals surface area contributed by atoms with E-state index in [2.05, 4.69) is 26.6 Å². The summed E-state index contributed by atoms with van der Waals surface area (Å²) in [6.07, 6.45) is 3.13. The molecule has 7 nitrogen and oxygen atoms in total. The first-order chi connectivity index (χ1) is 13.6. The third-order valence-electron chi connectivity index (χ3n) is 4.28. The van der Waals surface area contributed by atoms with Crippen LogP contribution >= 0.6 is 15.9 Å². The molecule has 8 heteroatoms. The zero-order valence-corrected chi connectivity index (χ0v) is 17.0. The molecule has 0 spiro atoms. The molecule has 0 bridgehead atoms. The van der Waals surface area contributed by atoms with Crippen molar-refractivity contribution in [2.24, 2.45) is 0 Å². The monoisotopic (exact) mass is 450 g/mol. The highest BCUT2D eigenvalue weighted by Crippen LogP contribution is 2.16. The zero-order valence-electron chi connectivity index (χ0n) is 15.4. The average Bonchev–Trinajstić information content (AvgIpc) is 3.36. The minimum Gasteiger partial charge on any atom is -0.444 e. The Kier molecular flexibility index (Phi) is 7.64. The Hall–Kier alpha value is -2.16. The Morgan fingerprint density at radius 1 is 1.14 bits per heavy atom. The lowest BCUT2D eigenvalue weighted by Crippen LogP contribution is -2.25. The molecule has 1 saturated heterocycles. The molecule has 1 aliphatic heterocycles.